The SMILES string of the molecule is CCOC(=O)N1CCCC(N2CCC(C3CCCN3C(O)NC3CCC3)CC2)CC1. The molecule has 3 unspecified atom stereocenters. The molecule has 0 aromatic heterocycles. The second kappa shape index (κ2) is 10.6. The maximum Gasteiger partial charge on any atom is 0.409 e. The van der Waals surface area contributed by atoms with Crippen LogP contribution in [0, 0.1) is 5.92 Å². The van der Waals surface area contributed by atoms with Crippen molar-refractivity contribution in [1.29, 1.82) is 0 Å². The minimum Gasteiger partial charge on any atom is -0.450 e. The molecule has 4 fully saturated rings. The smallest absolute Gasteiger partial charge is 0.409 e. The summed E-state index contributed by atoms with van der Waals surface area (Å²) >= 11 is 0. The summed E-state index contributed by atoms with van der Waals surface area (Å²) in [6, 6.07) is 1.65. The van der Waals surface area contributed by atoms with Crippen LogP contribution in [-0.2, 0) is 4.74 Å². The van der Waals surface area contributed by atoms with Gasteiger partial charge in [0.1, 0.15) is 0 Å². The fourth-order valence-electron chi connectivity index (χ4n) is 6.02. The molecule has 3 aliphatic heterocycles. The summed E-state index contributed by atoms with van der Waals surface area (Å²) in [6.45, 7) is 7.31. The van der Waals surface area contributed by atoms with Gasteiger partial charge in [-0.05, 0) is 83.7 Å². The van der Waals surface area contributed by atoms with Gasteiger partial charge in [0, 0.05) is 37.8 Å². The van der Waals surface area contributed by atoms with Gasteiger partial charge >= 0.3 is 6.09 Å². The largest absolute Gasteiger partial charge is 0.450 e. The molecule has 172 valence electrons. The molecule has 7 nitrogen and oxygen atoms in total. The van der Waals surface area contributed by atoms with E-state index in [2.05, 4.69) is 15.1 Å². The average molecular weight is 423 g/mol. The van der Waals surface area contributed by atoms with Crippen molar-refractivity contribution in [3.05, 3.63) is 0 Å². The van der Waals surface area contributed by atoms with Crippen LogP contribution in [-0.4, -0.2) is 89.7 Å². The second-order valence-electron chi connectivity index (χ2n) is 9.76. The lowest BCUT2D eigenvalue weighted by molar-refractivity contribution is -0.0619. The minimum absolute atomic E-state index is 0.146. The second-order valence-corrected chi connectivity index (χ2v) is 9.76. The van der Waals surface area contributed by atoms with Crippen LogP contribution in [0.15, 0.2) is 0 Å². The number of aliphatic hydroxyl groups is 1. The van der Waals surface area contributed by atoms with Crippen molar-refractivity contribution in [3.8, 4) is 0 Å². The molecule has 1 amide bonds. The van der Waals surface area contributed by atoms with Gasteiger partial charge in [0.15, 0.2) is 6.35 Å². The van der Waals surface area contributed by atoms with Crippen molar-refractivity contribution in [3.63, 3.8) is 0 Å². The predicted molar refractivity (Wildman–Crippen MR) is 117 cm³/mol. The lowest BCUT2D eigenvalue weighted by Crippen LogP contribution is -2.55. The number of carbonyl (C=O) groups is 1. The van der Waals surface area contributed by atoms with E-state index in [1.165, 1.54) is 51.4 Å². The Morgan fingerprint density at radius 2 is 1.73 bits per heavy atom. The molecule has 0 radical (unpaired) electrons. The standard InChI is InChI=1S/C23H42N4O3/c1-2-30-23(29)26-13-4-8-20(12-17-26)25-15-10-18(11-16-25)21-9-5-14-27(21)22(28)24-19-6-3-7-19/h18-22,24,28H,2-17H2,1H3. The Morgan fingerprint density at radius 3 is 2.43 bits per heavy atom. The van der Waals surface area contributed by atoms with Crippen molar-refractivity contribution in [2.75, 3.05) is 39.3 Å². The number of piperidine rings is 1. The Bertz CT molecular complexity index is 551. The normalized spacial score (nSPS) is 31.3. The molecule has 2 N–H and O–H groups in total. The van der Waals surface area contributed by atoms with Gasteiger partial charge in [-0.1, -0.05) is 6.42 Å². The third-order valence-corrected chi connectivity index (χ3v) is 8.00. The van der Waals surface area contributed by atoms with E-state index in [1.807, 2.05) is 11.8 Å². The molecule has 3 heterocycles. The Hall–Kier alpha value is -0.890. The van der Waals surface area contributed by atoms with E-state index in [9.17, 15) is 9.90 Å². The molecule has 4 aliphatic rings. The molecule has 4 rings (SSSR count). The lowest BCUT2D eigenvalue weighted by atomic mass is 9.87. The molecule has 0 spiro atoms. The predicted octanol–water partition coefficient (Wildman–Crippen LogP) is 2.59. The Labute approximate surface area is 182 Å². The summed E-state index contributed by atoms with van der Waals surface area (Å²) in [6.07, 6.45) is 11.3. The number of rotatable bonds is 6. The lowest BCUT2D eigenvalue weighted by Gasteiger charge is -2.43. The van der Waals surface area contributed by atoms with E-state index in [1.54, 1.807) is 0 Å². The first-order valence-electron chi connectivity index (χ1n) is 12.5. The van der Waals surface area contributed by atoms with Crippen LogP contribution in [0.3, 0.4) is 0 Å². The zero-order valence-electron chi connectivity index (χ0n) is 18.8. The van der Waals surface area contributed by atoms with Crippen LogP contribution in [0.25, 0.3) is 0 Å². The first-order chi connectivity index (χ1) is 14.7. The zero-order chi connectivity index (χ0) is 20.9. The van der Waals surface area contributed by atoms with E-state index < -0.39 is 6.35 Å². The number of nitrogens with zero attached hydrogens (tertiary/aromatic N) is 3. The van der Waals surface area contributed by atoms with Gasteiger partial charge < -0.3 is 19.6 Å². The van der Waals surface area contributed by atoms with Gasteiger partial charge in [-0.25, -0.2) is 4.79 Å². The highest BCUT2D eigenvalue weighted by atomic mass is 16.6. The summed E-state index contributed by atoms with van der Waals surface area (Å²) in [5.74, 6) is 0.698. The van der Waals surface area contributed by atoms with E-state index >= 15 is 0 Å². The van der Waals surface area contributed by atoms with Gasteiger partial charge in [0.25, 0.3) is 0 Å². The maximum atomic E-state index is 12.1. The maximum absolute atomic E-state index is 12.1. The number of likely N-dealkylation sites (tertiary alicyclic amines) is 3. The van der Waals surface area contributed by atoms with Crippen molar-refractivity contribution < 1.29 is 14.6 Å². The number of carbonyl (C=O) groups excluding carboxylic acids is 1. The van der Waals surface area contributed by atoms with Crippen LogP contribution in [0.2, 0.25) is 0 Å². The van der Waals surface area contributed by atoms with Crippen LogP contribution >= 0.6 is 0 Å². The number of hydrogen-bond donors (Lipinski definition) is 2. The van der Waals surface area contributed by atoms with Gasteiger partial charge in [-0.2, -0.15) is 0 Å². The van der Waals surface area contributed by atoms with E-state index in [-0.39, 0.29) is 6.09 Å². The Balaban J connectivity index is 1.24. The minimum atomic E-state index is -0.462. The van der Waals surface area contributed by atoms with Crippen LogP contribution in [0.5, 0.6) is 0 Å². The molecule has 7 heteroatoms. The number of nitrogens with one attached hydrogen (secondary N) is 1. The summed E-state index contributed by atoms with van der Waals surface area (Å²) in [5.41, 5.74) is 0. The molecule has 0 aromatic carbocycles. The number of hydrogen-bond acceptors (Lipinski definition) is 6. The highest BCUT2D eigenvalue weighted by Gasteiger charge is 2.38. The Morgan fingerprint density at radius 1 is 0.967 bits per heavy atom. The third kappa shape index (κ3) is 5.29. The molecule has 0 bridgehead atoms. The van der Waals surface area contributed by atoms with Crippen molar-refractivity contribution in [1.82, 2.24) is 20.0 Å². The summed E-state index contributed by atoms with van der Waals surface area (Å²) in [4.78, 5) is 19.0. The summed E-state index contributed by atoms with van der Waals surface area (Å²) in [5, 5.41) is 14.2. The van der Waals surface area contributed by atoms with Gasteiger partial charge in [0.05, 0.1) is 6.61 Å². The first-order valence-corrected chi connectivity index (χ1v) is 12.5. The van der Waals surface area contributed by atoms with Crippen LogP contribution in [0.4, 0.5) is 4.79 Å². The van der Waals surface area contributed by atoms with Crippen LogP contribution < -0.4 is 5.32 Å². The molecule has 0 aromatic rings. The highest BCUT2D eigenvalue weighted by Crippen LogP contribution is 2.33. The van der Waals surface area contributed by atoms with E-state index in [0.717, 1.165) is 45.6 Å². The zero-order valence-corrected chi connectivity index (χ0v) is 18.8. The van der Waals surface area contributed by atoms with E-state index in [0.29, 0.717) is 30.7 Å². The fourth-order valence-corrected chi connectivity index (χ4v) is 6.02. The van der Waals surface area contributed by atoms with Crippen LogP contribution in [0.1, 0.15) is 71.1 Å². The average Bonchev–Trinajstić information content (AvgIpc) is 3.08. The topological polar surface area (TPSA) is 68.3 Å². The molecule has 3 atom stereocenters. The van der Waals surface area contributed by atoms with Gasteiger partial charge in [-0.3, -0.25) is 10.2 Å². The van der Waals surface area contributed by atoms with Gasteiger partial charge in [-0.15, -0.1) is 0 Å². The Kier molecular flexibility index (Phi) is 7.90. The molecular formula is C23H42N4O3. The van der Waals surface area contributed by atoms with E-state index in [4.69, 9.17) is 4.74 Å². The molecule has 30 heavy (non-hydrogen) atoms. The third-order valence-electron chi connectivity index (χ3n) is 8.00. The van der Waals surface area contributed by atoms with Crippen molar-refractivity contribution in [2.45, 2.75) is 95.6 Å². The number of ether oxygens (including phenoxy) is 1. The molecule has 1 saturated carbocycles. The quantitative estimate of drug-likeness (QED) is 0.642. The van der Waals surface area contributed by atoms with Crippen molar-refractivity contribution in [2.24, 2.45) is 5.92 Å². The van der Waals surface area contributed by atoms with Gasteiger partial charge in [0.2, 0.25) is 0 Å². The fraction of sp³-hybridized carbons (Fsp3) is 0.957. The number of amides is 1. The first kappa shape index (κ1) is 22.3. The monoisotopic (exact) mass is 422 g/mol. The molecule has 3 saturated heterocycles. The van der Waals surface area contributed by atoms with Crippen molar-refractivity contribution >= 4 is 6.09 Å². The summed E-state index contributed by atoms with van der Waals surface area (Å²) < 4.78 is 5.20. The molecule has 1 aliphatic carbocycles. The highest BCUT2D eigenvalue weighted by molar-refractivity contribution is 5.67. The molecular weight excluding hydrogens is 380 g/mol. The number of aliphatic hydroxyl groups excluding tert-OH is 1. The summed E-state index contributed by atoms with van der Waals surface area (Å²) in [7, 11) is 0.